The monoisotopic (exact) mass is 343 g/mol. The fraction of sp³-hybridized carbons (Fsp3) is 0.619. The van der Waals surface area contributed by atoms with E-state index in [0.717, 1.165) is 12.8 Å². The first-order valence-electron chi connectivity index (χ1n) is 9.03. The van der Waals surface area contributed by atoms with Crippen LogP contribution in [0.4, 0.5) is 0 Å². The summed E-state index contributed by atoms with van der Waals surface area (Å²) in [6.45, 7) is 15.8. The van der Waals surface area contributed by atoms with Crippen molar-refractivity contribution in [1.82, 2.24) is 14.8 Å². The molecule has 2 rings (SSSR count). The summed E-state index contributed by atoms with van der Waals surface area (Å²) < 4.78 is 7.49. The zero-order valence-corrected chi connectivity index (χ0v) is 17.1. The molecule has 0 saturated carbocycles. The molecule has 0 fully saturated rings. The molecule has 138 valence electrons. The predicted octanol–water partition coefficient (Wildman–Crippen LogP) is 5.08. The van der Waals surface area contributed by atoms with Crippen LogP contribution in [0.2, 0.25) is 0 Å². The summed E-state index contributed by atoms with van der Waals surface area (Å²) in [4.78, 5) is 4.22. The second kappa shape index (κ2) is 6.81. The van der Waals surface area contributed by atoms with Crippen LogP contribution in [0.15, 0.2) is 30.6 Å². The van der Waals surface area contributed by atoms with Crippen LogP contribution >= 0.6 is 0 Å². The fourth-order valence-corrected chi connectivity index (χ4v) is 3.16. The van der Waals surface area contributed by atoms with Crippen LogP contribution < -0.4 is 4.74 Å². The van der Waals surface area contributed by atoms with Crippen molar-refractivity contribution in [2.45, 2.75) is 77.7 Å². The van der Waals surface area contributed by atoms with Gasteiger partial charge in [-0.25, -0.2) is 4.98 Å². The van der Waals surface area contributed by atoms with Gasteiger partial charge in [0.15, 0.2) is 0 Å². The maximum Gasteiger partial charge on any atom is 0.213 e. The standard InChI is InChI=1S/C21H33N3O/c1-19(2,3)17-10-14-23-24(17)21(6,7)12-11-20(4,5)16-9-13-22-18(15-16)25-8/h9-10,13-15H,11-12H2,1-8H3. The average Bonchev–Trinajstić information content (AvgIpc) is 3.04. The lowest BCUT2D eigenvalue weighted by Gasteiger charge is -2.35. The molecule has 4 nitrogen and oxygen atoms in total. The van der Waals surface area contributed by atoms with Gasteiger partial charge >= 0.3 is 0 Å². The van der Waals surface area contributed by atoms with Crippen LogP contribution in [-0.4, -0.2) is 21.9 Å². The summed E-state index contributed by atoms with van der Waals surface area (Å²) in [5.74, 6) is 0.673. The molecule has 0 atom stereocenters. The Morgan fingerprint density at radius 2 is 1.64 bits per heavy atom. The lowest BCUT2D eigenvalue weighted by molar-refractivity contribution is 0.244. The Kier molecular flexibility index (Phi) is 5.31. The third-order valence-corrected chi connectivity index (χ3v) is 5.07. The van der Waals surface area contributed by atoms with Gasteiger partial charge < -0.3 is 4.74 Å². The molecule has 0 aliphatic rings. The summed E-state index contributed by atoms with van der Waals surface area (Å²) in [5.41, 5.74) is 2.62. The number of hydrogen-bond donors (Lipinski definition) is 0. The molecule has 0 unspecified atom stereocenters. The lowest BCUT2D eigenvalue weighted by Crippen LogP contribution is -2.34. The van der Waals surface area contributed by atoms with Crippen molar-refractivity contribution < 1.29 is 4.74 Å². The smallest absolute Gasteiger partial charge is 0.213 e. The first-order chi connectivity index (χ1) is 11.5. The first-order valence-corrected chi connectivity index (χ1v) is 9.03. The van der Waals surface area contributed by atoms with Gasteiger partial charge in [0.25, 0.3) is 0 Å². The maximum atomic E-state index is 5.28. The number of rotatable bonds is 6. The second-order valence-electron chi connectivity index (χ2n) is 9.16. The maximum absolute atomic E-state index is 5.28. The van der Waals surface area contributed by atoms with E-state index in [-0.39, 0.29) is 16.4 Å². The van der Waals surface area contributed by atoms with Crippen LogP contribution in [0.3, 0.4) is 0 Å². The van der Waals surface area contributed by atoms with Gasteiger partial charge in [-0.1, -0.05) is 34.6 Å². The van der Waals surface area contributed by atoms with E-state index < -0.39 is 0 Å². The number of hydrogen-bond acceptors (Lipinski definition) is 3. The Labute approximate surface area is 152 Å². The minimum atomic E-state index is -0.0412. The number of methoxy groups -OCH3 is 1. The Hall–Kier alpha value is -1.84. The van der Waals surface area contributed by atoms with E-state index in [2.05, 4.69) is 75.4 Å². The van der Waals surface area contributed by atoms with Gasteiger partial charge in [0.2, 0.25) is 5.88 Å². The third kappa shape index (κ3) is 4.42. The van der Waals surface area contributed by atoms with Gasteiger partial charge in [0.05, 0.1) is 12.6 Å². The average molecular weight is 344 g/mol. The van der Waals surface area contributed by atoms with Crippen LogP contribution in [0.25, 0.3) is 0 Å². The van der Waals surface area contributed by atoms with E-state index >= 15 is 0 Å². The fourth-order valence-electron chi connectivity index (χ4n) is 3.16. The second-order valence-corrected chi connectivity index (χ2v) is 9.16. The van der Waals surface area contributed by atoms with Gasteiger partial charge in [0, 0.05) is 29.6 Å². The highest BCUT2D eigenvalue weighted by molar-refractivity contribution is 5.27. The zero-order chi connectivity index (χ0) is 18.9. The Morgan fingerprint density at radius 3 is 2.24 bits per heavy atom. The molecule has 0 aliphatic heterocycles. The highest BCUT2D eigenvalue weighted by Gasteiger charge is 2.31. The van der Waals surface area contributed by atoms with Crippen molar-refractivity contribution in [3.63, 3.8) is 0 Å². The Morgan fingerprint density at radius 1 is 0.960 bits per heavy atom. The molecule has 4 heteroatoms. The molecular formula is C21H33N3O. The minimum Gasteiger partial charge on any atom is -0.481 e. The van der Waals surface area contributed by atoms with Crippen LogP contribution in [0, 0.1) is 0 Å². The molecule has 0 aliphatic carbocycles. The highest BCUT2D eigenvalue weighted by Crippen LogP contribution is 2.35. The summed E-state index contributed by atoms with van der Waals surface area (Å²) in [6, 6.07) is 6.27. The van der Waals surface area contributed by atoms with Crippen LogP contribution in [0.1, 0.15) is 72.6 Å². The molecule has 2 aromatic heterocycles. The van der Waals surface area contributed by atoms with E-state index in [4.69, 9.17) is 4.74 Å². The summed E-state index contributed by atoms with van der Waals surface area (Å²) in [5, 5.41) is 4.64. The molecule has 0 spiro atoms. The predicted molar refractivity (Wildman–Crippen MR) is 103 cm³/mol. The van der Waals surface area contributed by atoms with E-state index in [1.165, 1.54) is 11.3 Å². The minimum absolute atomic E-state index is 0.0412. The van der Waals surface area contributed by atoms with Crippen molar-refractivity contribution in [2.24, 2.45) is 0 Å². The quantitative estimate of drug-likeness (QED) is 0.734. The summed E-state index contributed by atoms with van der Waals surface area (Å²) in [7, 11) is 1.66. The SMILES string of the molecule is COc1cc(C(C)(C)CCC(C)(C)n2nccc2C(C)(C)C)ccn1. The summed E-state index contributed by atoms with van der Waals surface area (Å²) >= 11 is 0. The van der Waals surface area contributed by atoms with Crippen molar-refractivity contribution in [3.8, 4) is 5.88 Å². The summed E-state index contributed by atoms with van der Waals surface area (Å²) in [6.07, 6.45) is 5.83. The molecule has 0 radical (unpaired) electrons. The lowest BCUT2D eigenvalue weighted by atomic mass is 9.77. The van der Waals surface area contributed by atoms with Crippen LogP contribution in [0.5, 0.6) is 5.88 Å². The molecule has 0 N–H and O–H groups in total. The third-order valence-electron chi connectivity index (χ3n) is 5.07. The van der Waals surface area contributed by atoms with Gasteiger partial charge in [-0.15, -0.1) is 0 Å². The largest absolute Gasteiger partial charge is 0.481 e. The van der Waals surface area contributed by atoms with Crippen molar-refractivity contribution in [3.05, 3.63) is 41.9 Å². The highest BCUT2D eigenvalue weighted by atomic mass is 16.5. The zero-order valence-electron chi connectivity index (χ0n) is 17.1. The molecular weight excluding hydrogens is 310 g/mol. The number of aromatic nitrogens is 3. The number of nitrogens with zero attached hydrogens (tertiary/aromatic N) is 3. The van der Waals surface area contributed by atoms with E-state index in [9.17, 15) is 0 Å². The molecule has 2 heterocycles. The van der Waals surface area contributed by atoms with Crippen molar-refractivity contribution >= 4 is 0 Å². The molecule has 0 amide bonds. The molecule has 0 saturated heterocycles. The Bertz CT molecular complexity index is 708. The van der Waals surface area contributed by atoms with Crippen molar-refractivity contribution in [2.75, 3.05) is 7.11 Å². The van der Waals surface area contributed by atoms with Crippen LogP contribution in [-0.2, 0) is 16.4 Å². The van der Waals surface area contributed by atoms with Crippen molar-refractivity contribution in [1.29, 1.82) is 0 Å². The number of ether oxygens (including phenoxy) is 1. The number of pyridine rings is 1. The topological polar surface area (TPSA) is 39.9 Å². The van der Waals surface area contributed by atoms with Gasteiger partial charge in [-0.2, -0.15) is 5.10 Å². The van der Waals surface area contributed by atoms with E-state index in [1.54, 1.807) is 7.11 Å². The van der Waals surface area contributed by atoms with E-state index in [0.29, 0.717) is 5.88 Å². The molecule has 2 aromatic rings. The molecule has 0 bridgehead atoms. The first kappa shape index (κ1) is 19.5. The molecule has 0 aromatic carbocycles. The normalized spacial score (nSPS) is 13.1. The van der Waals surface area contributed by atoms with Gasteiger partial charge in [-0.3, -0.25) is 4.68 Å². The van der Waals surface area contributed by atoms with Gasteiger partial charge in [0.1, 0.15) is 0 Å². The van der Waals surface area contributed by atoms with E-state index in [1.807, 2.05) is 18.5 Å². The molecule has 25 heavy (non-hydrogen) atoms. The van der Waals surface area contributed by atoms with Gasteiger partial charge in [-0.05, 0) is 49.8 Å². The Balaban J connectivity index is 2.20.